The molecule has 1 heterocycles. The lowest BCUT2D eigenvalue weighted by atomic mass is 10.0. The molecule has 19 heavy (non-hydrogen) atoms. The highest BCUT2D eigenvalue weighted by atomic mass is 32.2. The second-order valence-electron chi connectivity index (χ2n) is 4.79. The number of hydrogen-bond donors (Lipinski definition) is 1. The normalized spacial score (nSPS) is 12.6. The topological polar surface area (TPSA) is 56.7 Å². The summed E-state index contributed by atoms with van der Waals surface area (Å²) in [4.78, 5) is 1.18. The van der Waals surface area contributed by atoms with Crippen LogP contribution in [-0.2, 0) is 13.5 Å². The Morgan fingerprint density at radius 2 is 2.21 bits per heavy atom. The van der Waals surface area contributed by atoms with Crippen LogP contribution >= 0.6 is 11.8 Å². The Morgan fingerprint density at radius 1 is 1.42 bits per heavy atom. The van der Waals surface area contributed by atoms with E-state index in [4.69, 9.17) is 5.73 Å². The standard InChI is InChI=1S/C14H20N4S/c1-4-12(15)8-11-5-6-13(7-10(11)2)19-14-17-16-9-18(14)3/h5-7,9,12H,4,8,15H2,1-3H3. The lowest BCUT2D eigenvalue weighted by Crippen LogP contribution is -2.21. The van der Waals surface area contributed by atoms with Crippen LogP contribution in [0.3, 0.4) is 0 Å². The molecule has 0 aliphatic carbocycles. The summed E-state index contributed by atoms with van der Waals surface area (Å²) in [5.41, 5.74) is 8.63. The molecular weight excluding hydrogens is 256 g/mol. The van der Waals surface area contributed by atoms with E-state index in [1.54, 1.807) is 18.1 Å². The van der Waals surface area contributed by atoms with E-state index < -0.39 is 0 Å². The number of nitrogens with zero attached hydrogens (tertiary/aromatic N) is 3. The molecule has 0 fully saturated rings. The molecule has 0 radical (unpaired) electrons. The Bertz CT molecular complexity index is 550. The van der Waals surface area contributed by atoms with E-state index >= 15 is 0 Å². The van der Waals surface area contributed by atoms with Crippen molar-refractivity contribution in [3.8, 4) is 0 Å². The zero-order valence-corrected chi connectivity index (χ0v) is 12.4. The van der Waals surface area contributed by atoms with Gasteiger partial charge in [-0.15, -0.1) is 10.2 Å². The minimum atomic E-state index is 0.246. The van der Waals surface area contributed by atoms with E-state index in [0.717, 1.165) is 18.0 Å². The number of hydrogen-bond acceptors (Lipinski definition) is 4. The molecule has 2 N–H and O–H groups in total. The van der Waals surface area contributed by atoms with Crippen molar-refractivity contribution >= 4 is 11.8 Å². The second kappa shape index (κ2) is 6.21. The third kappa shape index (κ3) is 3.58. The zero-order valence-electron chi connectivity index (χ0n) is 11.6. The van der Waals surface area contributed by atoms with Crippen molar-refractivity contribution in [1.82, 2.24) is 14.8 Å². The quantitative estimate of drug-likeness (QED) is 0.912. The summed E-state index contributed by atoms with van der Waals surface area (Å²) in [6.07, 6.45) is 3.66. The average molecular weight is 276 g/mol. The van der Waals surface area contributed by atoms with Crippen LogP contribution in [0.5, 0.6) is 0 Å². The van der Waals surface area contributed by atoms with Gasteiger partial charge in [-0.2, -0.15) is 0 Å². The molecule has 0 spiro atoms. The molecule has 0 aliphatic rings. The Labute approximate surface area is 118 Å². The van der Waals surface area contributed by atoms with Crippen LogP contribution in [0.4, 0.5) is 0 Å². The molecular formula is C14H20N4S. The first-order valence-corrected chi connectivity index (χ1v) is 7.28. The summed E-state index contributed by atoms with van der Waals surface area (Å²) in [5, 5.41) is 8.87. The minimum absolute atomic E-state index is 0.246. The van der Waals surface area contributed by atoms with Crippen molar-refractivity contribution < 1.29 is 0 Å². The van der Waals surface area contributed by atoms with Crippen molar-refractivity contribution in [2.75, 3.05) is 0 Å². The Hall–Kier alpha value is -1.33. The molecule has 0 amide bonds. The molecule has 102 valence electrons. The number of aryl methyl sites for hydroxylation is 2. The first-order chi connectivity index (χ1) is 9.10. The van der Waals surface area contributed by atoms with Gasteiger partial charge < -0.3 is 10.3 Å². The van der Waals surface area contributed by atoms with Gasteiger partial charge in [0.25, 0.3) is 0 Å². The molecule has 1 aromatic heterocycles. The molecule has 0 saturated heterocycles. The van der Waals surface area contributed by atoms with Crippen LogP contribution < -0.4 is 5.73 Å². The maximum Gasteiger partial charge on any atom is 0.195 e. The first-order valence-electron chi connectivity index (χ1n) is 6.47. The van der Waals surface area contributed by atoms with Gasteiger partial charge in [-0.1, -0.05) is 13.0 Å². The maximum absolute atomic E-state index is 6.01. The lowest BCUT2D eigenvalue weighted by Gasteiger charge is -2.12. The Balaban J connectivity index is 2.12. The van der Waals surface area contributed by atoms with Crippen molar-refractivity contribution in [3.05, 3.63) is 35.7 Å². The smallest absolute Gasteiger partial charge is 0.195 e. The van der Waals surface area contributed by atoms with Crippen LogP contribution in [0, 0.1) is 6.92 Å². The number of rotatable bonds is 5. The van der Waals surface area contributed by atoms with E-state index in [0.29, 0.717) is 0 Å². The number of benzene rings is 1. The zero-order chi connectivity index (χ0) is 13.8. The fraction of sp³-hybridized carbons (Fsp3) is 0.429. The molecule has 0 bridgehead atoms. The molecule has 4 nitrogen and oxygen atoms in total. The molecule has 5 heteroatoms. The summed E-state index contributed by atoms with van der Waals surface area (Å²) in [6, 6.07) is 6.74. The van der Waals surface area contributed by atoms with Crippen LogP contribution in [0.2, 0.25) is 0 Å². The summed E-state index contributed by atoms with van der Waals surface area (Å²) in [7, 11) is 1.95. The summed E-state index contributed by atoms with van der Waals surface area (Å²) < 4.78 is 1.92. The van der Waals surface area contributed by atoms with Gasteiger partial charge in [-0.3, -0.25) is 0 Å². The van der Waals surface area contributed by atoms with E-state index in [2.05, 4.69) is 42.2 Å². The van der Waals surface area contributed by atoms with Gasteiger partial charge in [0, 0.05) is 18.0 Å². The average Bonchev–Trinajstić information content (AvgIpc) is 2.78. The third-order valence-corrected chi connectivity index (χ3v) is 4.24. The van der Waals surface area contributed by atoms with E-state index in [1.807, 2.05) is 11.6 Å². The lowest BCUT2D eigenvalue weighted by molar-refractivity contribution is 0.644. The predicted octanol–water partition coefficient (Wildman–Crippen LogP) is 2.55. The van der Waals surface area contributed by atoms with Crippen LogP contribution in [-0.4, -0.2) is 20.8 Å². The van der Waals surface area contributed by atoms with Gasteiger partial charge in [0.15, 0.2) is 5.16 Å². The summed E-state index contributed by atoms with van der Waals surface area (Å²) in [6.45, 7) is 4.26. The van der Waals surface area contributed by atoms with E-state index in [9.17, 15) is 0 Å². The fourth-order valence-electron chi connectivity index (χ4n) is 1.86. The molecule has 2 aromatic rings. The highest BCUT2D eigenvalue weighted by Crippen LogP contribution is 2.27. The van der Waals surface area contributed by atoms with Gasteiger partial charge in [0.05, 0.1) is 0 Å². The van der Waals surface area contributed by atoms with Gasteiger partial charge >= 0.3 is 0 Å². The highest BCUT2D eigenvalue weighted by molar-refractivity contribution is 7.99. The van der Waals surface area contributed by atoms with Gasteiger partial charge in [-0.25, -0.2) is 0 Å². The van der Waals surface area contributed by atoms with Gasteiger partial charge in [0.1, 0.15) is 6.33 Å². The largest absolute Gasteiger partial charge is 0.327 e. The molecule has 1 unspecified atom stereocenters. The van der Waals surface area contributed by atoms with Crippen molar-refractivity contribution in [1.29, 1.82) is 0 Å². The Morgan fingerprint density at radius 3 is 2.79 bits per heavy atom. The molecule has 2 rings (SSSR count). The van der Waals surface area contributed by atoms with Crippen LogP contribution in [0.25, 0.3) is 0 Å². The molecule has 1 aromatic carbocycles. The Kier molecular flexibility index (Phi) is 4.61. The van der Waals surface area contributed by atoms with Gasteiger partial charge in [-0.05, 0) is 54.8 Å². The van der Waals surface area contributed by atoms with Crippen LogP contribution in [0.1, 0.15) is 24.5 Å². The molecule has 1 atom stereocenters. The van der Waals surface area contributed by atoms with E-state index in [-0.39, 0.29) is 6.04 Å². The van der Waals surface area contributed by atoms with Crippen molar-refractivity contribution in [2.24, 2.45) is 12.8 Å². The van der Waals surface area contributed by atoms with Gasteiger partial charge in [0.2, 0.25) is 0 Å². The number of nitrogens with two attached hydrogens (primary N) is 1. The monoisotopic (exact) mass is 276 g/mol. The SMILES string of the molecule is CCC(N)Cc1ccc(Sc2nncn2C)cc1C. The molecule has 0 aliphatic heterocycles. The summed E-state index contributed by atoms with van der Waals surface area (Å²) in [5.74, 6) is 0. The minimum Gasteiger partial charge on any atom is -0.327 e. The number of aromatic nitrogens is 3. The van der Waals surface area contributed by atoms with Crippen LogP contribution in [0.15, 0.2) is 34.6 Å². The van der Waals surface area contributed by atoms with Crippen molar-refractivity contribution in [2.45, 2.75) is 42.8 Å². The molecule has 0 saturated carbocycles. The third-order valence-electron chi connectivity index (χ3n) is 3.20. The van der Waals surface area contributed by atoms with Crippen molar-refractivity contribution in [3.63, 3.8) is 0 Å². The van der Waals surface area contributed by atoms with E-state index in [1.165, 1.54) is 16.0 Å². The fourth-order valence-corrected chi connectivity index (χ4v) is 2.72. The highest BCUT2D eigenvalue weighted by Gasteiger charge is 2.08. The maximum atomic E-state index is 6.01. The summed E-state index contributed by atoms with van der Waals surface area (Å²) >= 11 is 1.63. The first kappa shape index (κ1) is 14.1. The second-order valence-corrected chi connectivity index (χ2v) is 5.83. The predicted molar refractivity (Wildman–Crippen MR) is 78.3 cm³/mol.